The molecule has 130 valence electrons. The van der Waals surface area contributed by atoms with E-state index >= 15 is 0 Å². The summed E-state index contributed by atoms with van der Waals surface area (Å²) < 4.78 is 12.2. The highest BCUT2D eigenvalue weighted by Gasteiger charge is 2.29. The molecule has 0 unspecified atom stereocenters. The van der Waals surface area contributed by atoms with Crippen molar-refractivity contribution in [2.45, 2.75) is 25.4 Å². The molecule has 4 rings (SSSR count). The van der Waals surface area contributed by atoms with Crippen molar-refractivity contribution < 1.29 is 9.47 Å². The summed E-state index contributed by atoms with van der Waals surface area (Å²) in [7, 11) is 3.41. The highest BCUT2D eigenvalue weighted by atomic mass is 32.1. The Balaban J connectivity index is 1.60. The van der Waals surface area contributed by atoms with Gasteiger partial charge in [-0.3, -0.25) is 4.90 Å². The van der Waals surface area contributed by atoms with E-state index in [-0.39, 0.29) is 0 Å². The van der Waals surface area contributed by atoms with Crippen LogP contribution < -0.4 is 9.47 Å². The average molecular weight is 354 g/mol. The molecule has 1 aliphatic rings. The average Bonchev–Trinajstić information content (AvgIpc) is 3.27. The fourth-order valence-electron chi connectivity index (χ4n) is 3.62. The van der Waals surface area contributed by atoms with Gasteiger partial charge in [-0.15, -0.1) is 11.3 Å². The topological polar surface area (TPSA) is 34.6 Å². The zero-order valence-electron chi connectivity index (χ0n) is 14.6. The number of ether oxygens (including phenoxy) is 2. The van der Waals surface area contributed by atoms with E-state index in [4.69, 9.17) is 14.5 Å². The lowest BCUT2D eigenvalue weighted by Gasteiger charge is -2.25. The van der Waals surface area contributed by atoms with Gasteiger partial charge in [0.25, 0.3) is 0 Å². The van der Waals surface area contributed by atoms with Gasteiger partial charge in [-0.25, -0.2) is 4.98 Å². The summed E-state index contributed by atoms with van der Waals surface area (Å²) in [6, 6.07) is 14.9. The predicted molar refractivity (Wildman–Crippen MR) is 102 cm³/mol. The number of likely N-dealkylation sites (tertiary alicyclic amines) is 1. The third-order valence-electron chi connectivity index (χ3n) is 4.84. The third kappa shape index (κ3) is 3.22. The Morgan fingerprint density at radius 2 is 2.04 bits per heavy atom. The van der Waals surface area contributed by atoms with Crippen molar-refractivity contribution in [1.29, 1.82) is 0 Å². The number of hydrogen-bond donors (Lipinski definition) is 0. The third-order valence-corrected chi connectivity index (χ3v) is 5.86. The van der Waals surface area contributed by atoms with E-state index < -0.39 is 0 Å². The van der Waals surface area contributed by atoms with Crippen molar-refractivity contribution in [2.75, 3.05) is 20.8 Å². The van der Waals surface area contributed by atoms with E-state index in [2.05, 4.69) is 29.2 Å². The lowest BCUT2D eigenvalue weighted by Crippen LogP contribution is -2.23. The van der Waals surface area contributed by atoms with Gasteiger partial charge in [-0.05, 0) is 37.6 Å². The second-order valence-electron chi connectivity index (χ2n) is 6.31. The van der Waals surface area contributed by atoms with Gasteiger partial charge in [0.15, 0.2) is 0 Å². The maximum absolute atomic E-state index is 5.63. The Labute approximate surface area is 152 Å². The van der Waals surface area contributed by atoms with Crippen molar-refractivity contribution in [3.8, 4) is 11.5 Å². The van der Waals surface area contributed by atoms with E-state index in [1.807, 2.05) is 18.2 Å². The zero-order valence-corrected chi connectivity index (χ0v) is 15.4. The number of benzene rings is 2. The summed E-state index contributed by atoms with van der Waals surface area (Å²) in [5.74, 6) is 1.73. The molecule has 4 nitrogen and oxygen atoms in total. The molecule has 1 saturated heterocycles. The van der Waals surface area contributed by atoms with E-state index in [1.54, 1.807) is 25.6 Å². The molecule has 5 heteroatoms. The fraction of sp³-hybridized carbons (Fsp3) is 0.350. The minimum absolute atomic E-state index is 0.368. The van der Waals surface area contributed by atoms with Gasteiger partial charge >= 0.3 is 0 Å². The lowest BCUT2D eigenvalue weighted by atomic mass is 10.0. The maximum atomic E-state index is 5.63. The molecule has 1 aliphatic heterocycles. The predicted octanol–water partition coefficient (Wildman–Crippen LogP) is 4.65. The van der Waals surface area contributed by atoms with Gasteiger partial charge in [0.1, 0.15) is 16.5 Å². The highest BCUT2D eigenvalue weighted by Crippen LogP contribution is 2.39. The van der Waals surface area contributed by atoms with E-state index in [0.29, 0.717) is 6.04 Å². The van der Waals surface area contributed by atoms with E-state index in [1.165, 1.54) is 21.7 Å². The Morgan fingerprint density at radius 1 is 1.16 bits per heavy atom. The normalized spacial score (nSPS) is 17.9. The zero-order chi connectivity index (χ0) is 17.2. The van der Waals surface area contributed by atoms with Gasteiger partial charge < -0.3 is 9.47 Å². The summed E-state index contributed by atoms with van der Waals surface area (Å²) in [5.41, 5.74) is 2.34. The molecular formula is C20H22N2O2S. The minimum Gasteiger partial charge on any atom is -0.497 e. The van der Waals surface area contributed by atoms with Crippen molar-refractivity contribution in [2.24, 2.45) is 0 Å². The quantitative estimate of drug-likeness (QED) is 0.668. The van der Waals surface area contributed by atoms with E-state index in [9.17, 15) is 0 Å². The first-order valence-electron chi connectivity index (χ1n) is 8.59. The van der Waals surface area contributed by atoms with Crippen molar-refractivity contribution >= 4 is 21.6 Å². The van der Waals surface area contributed by atoms with Gasteiger partial charge in [0.05, 0.1) is 31.0 Å². The number of methoxy groups -OCH3 is 2. The van der Waals surface area contributed by atoms with E-state index in [0.717, 1.165) is 36.5 Å². The smallest absolute Gasteiger partial charge is 0.127 e. The standard InChI is InChI=1S/C20H22N2O2S/c1-23-14-9-10-15(18(12-14)24-2)17-7-5-11-22(17)13-20-21-16-6-3-4-8-19(16)25-20/h3-4,6,8-10,12,17H,5,7,11,13H2,1-2H3/t17-/m1/s1. The molecular weight excluding hydrogens is 332 g/mol. The molecule has 1 fully saturated rings. The van der Waals surface area contributed by atoms with Crippen LogP contribution in [-0.4, -0.2) is 30.6 Å². The molecule has 25 heavy (non-hydrogen) atoms. The molecule has 2 aromatic carbocycles. The van der Waals surface area contributed by atoms with Crippen LogP contribution in [0.15, 0.2) is 42.5 Å². The van der Waals surface area contributed by atoms with Crippen LogP contribution in [-0.2, 0) is 6.54 Å². The molecule has 0 saturated carbocycles. The summed E-state index contributed by atoms with van der Waals surface area (Å²) in [6.45, 7) is 1.98. The molecule has 0 N–H and O–H groups in total. The first-order chi connectivity index (χ1) is 12.3. The SMILES string of the molecule is COc1ccc([C@H]2CCCN2Cc2nc3ccccc3s2)c(OC)c1. The van der Waals surface area contributed by atoms with Crippen LogP contribution in [0.25, 0.3) is 10.2 Å². The highest BCUT2D eigenvalue weighted by molar-refractivity contribution is 7.18. The molecule has 3 aromatic rings. The largest absolute Gasteiger partial charge is 0.497 e. The number of rotatable bonds is 5. The molecule has 0 amide bonds. The number of hydrogen-bond acceptors (Lipinski definition) is 5. The number of fused-ring (bicyclic) bond motifs is 1. The molecule has 0 radical (unpaired) electrons. The Bertz CT molecular complexity index is 844. The first kappa shape index (κ1) is 16.4. The summed E-state index contributed by atoms with van der Waals surface area (Å²) in [5, 5.41) is 1.18. The molecule has 2 heterocycles. The Morgan fingerprint density at radius 3 is 2.84 bits per heavy atom. The fourth-order valence-corrected chi connectivity index (χ4v) is 4.62. The van der Waals surface area contributed by atoms with Crippen LogP contribution >= 0.6 is 11.3 Å². The van der Waals surface area contributed by atoms with Crippen LogP contribution in [0.2, 0.25) is 0 Å². The molecule has 0 aliphatic carbocycles. The second kappa shape index (κ2) is 7.02. The van der Waals surface area contributed by atoms with Crippen LogP contribution in [0.3, 0.4) is 0 Å². The number of nitrogens with zero attached hydrogens (tertiary/aromatic N) is 2. The van der Waals surface area contributed by atoms with Crippen molar-refractivity contribution in [3.63, 3.8) is 0 Å². The van der Waals surface area contributed by atoms with Crippen LogP contribution in [0.1, 0.15) is 29.5 Å². The van der Waals surface area contributed by atoms with Crippen molar-refractivity contribution in [1.82, 2.24) is 9.88 Å². The first-order valence-corrected chi connectivity index (χ1v) is 9.40. The number of aromatic nitrogens is 1. The molecule has 0 spiro atoms. The maximum Gasteiger partial charge on any atom is 0.127 e. The summed E-state index contributed by atoms with van der Waals surface area (Å²) in [4.78, 5) is 7.32. The molecule has 0 bridgehead atoms. The Kier molecular flexibility index (Phi) is 4.59. The van der Waals surface area contributed by atoms with Gasteiger partial charge in [-0.1, -0.05) is 18.2 Å². The second-order valence-corrected chi connectivity index (χ2v) is 7.43. The number of thiazole rings is 1. The van der Waals surface area contributed by atoms with Crippen LogP contribution in [0.5, 0.6) is 11.5 Å². The van der Waals surface area contributed by atoms with Crippen molar-refractivity contribution in [3.05, 3.63) is 53.0 Å². The summed E-state index contributed by atoms with van der Waals surface area (Å²) in [6.07, 6.45) is 2.35. The molecule has 1 atom stereocenters. The van der Waals surface area contributed by atoms with Gasteiger partial charge in [0.2, 0.25) is 0 Å². The number of para-hydroxylation sites is 1. The summed E-state index contributed by atoms with van der Waals surface area (Å²) >= 11 is 1.79. The lowest BCUT2D eigenvalue weighted by molar-refractivity contribution is 0.242. The van der Waals surface area contributed by atoms with Gasteiger partial charge in [0, 0.05) is 17.7 Å². The van der Waals surface area contributed by atoms with Crippen LogP contribution in [0.4, 0.5) is 0 Å². The minimum atomic E-state index is 0.368. The molecule has 1 aromatic heterocycles. The Hall–Kier alpha value is -2.11. The monoisotopic (exact) mass is 354 g/mol. The van der Waals surface area contributed by atoms with Gasteiger partial charge in [-0.2, -0.15) is 0 Å². The van der Waals surface area contributed by atoms with Crippen LogP contribution in [0, 0.1) is 0 Å².